The van der Waals surface area contributed by atoms with Gasteiger partial charge < -0.3 is 0 Å². The minimum Gasteiger partial charge on any atom is -0.286 e. The van der Waals surface area contributed by atoms with Crippen LogP contribution in [-0.4, -0.2) is 37.2 Å². The van der Waals surface area contributed by atoms with E-state index in [-0.39, 0.29) is 13.7 Å². The Morgan fingerprint density at radius 3 is 1.85 bits per heavy atom. The second-order valence-electron chi connectivity index (χ2n) is 3.13. The zero-order chi connectivity index (χ0) is 10.3. The molecule has 0 saturated heterocycles. The van der Waals surface area contributed by atoms with Gasteiger partial charge in [0, 0.05) is 0 Å². The third-order valence-corrected chi connectivity index (χ3v) is 5.78. The second kappa shape index (κ2) is 6.74. The van der Waals surface area contributed by atoms with Gasteiger partial charge in [0.05, 0.1) is 5.75 Å². The molecule has 0 aliphatic carbocycles. The molecule has 0 saturated carbocycles. The van der Waals surface area contributed by atoms with Gasteiger partial charge in [0.1, 0.15) is 0 Å². The zero-order valence-electron chi connectivity index (χ0n) is 8.36. The molecule has 13 heavy (non-hydrogen) atoms. The van der Waals surface area contributed by atoms with Gasteiger partial charge in [0.15, 0.2) is 0 Å². The largest absolute Gasteiger partial charge is 0.286 e. The lowest BCUT2D eigenvalue weighted by atomic mass is 10.6. The normalized spacial score (nSPS) is 12.3. The van der Waals surface area contributed by atoms with Crippen LogP contribution >= 0.6 is 7.92 Å². The molecule has 5 heteroatoms. The Kier molecular flexibility index (Phi) is 6.92. The smallest absolute Gasteiger partial charge is 0.265 e. The Balaban J connectivity index is 3.81. The lowest BCUT2D eigenvalue weighted by Gasteiger charge is -2.14. The zero-order valence-corrected chi connectivity index (χ0v) is 10.1. The summed E-state index contributed by atoms with van der Waals surface area (Å²) in [5.41, 5.74) is 0. The second-order valence-corrected chi connectivity index (χ2v) is 7.38. The summed E-state index contributed by atoms with van der Waals surface area (Å²) in [6.45, 7) is 4.22. The van der Waals surface area contributed by atoms with Crippen molar-refractivity contribution in [2.75, 3.05) is 24.2 Å². The van der Waals surface area contributed by atoms with E-state index < -0.39 is 10.1 Å². The Morgan fingerprint density at radius 2 is 1.54 bits per heavy atom. The number of hydrogen-bond acceptors (Lipinski definition) is 2. The van der Waals surface area contributed by atoms with Crippen LogP contribution in [0.2, 0.25) is 0 Å². The summed E-state index contributed by atoms with van der Waals surface area (Å²) in [5, 5.41) is 0. The summed E-state index contributed by atoms with van der Waals surface area (Å²) in [5.74, 6) is -0.0568. The van der Waals surface area contributed by atoms with Crippen LogP contribution in [0.4, 0.5) is 0 Å². The summed E-state index contributed by atoms with van der Waals surface area (Å²) < 4.78 is 29.6. The van der Waals surface area contributed by atoms with E-state index in [1.54, 1.807) is 0 Å². The van der Waals surface area contributed by atoms with Gasteiger partial charge >= 0.3 is 0 Å². The summed E-state index contributed by atoms with van der Waals surface area (Å²) in [6.07, 6.45) is 5.13. The first-order chi connectivity index (χ1) is 5.99. The molecule has 0 unspecified atom stereocenters. The van der Waals surface area contributed by atoms with Crippen LogP contribution in [0.3, 0.4) is 0 Å². The van der Waals surface area contributed by atoms with E-state index in [0.717, 1.165) is 25.2 Å². The van der Waals surface area contributed by atoms with E-state index in [4.69, 9.17) is 4.55 Å². The van der Waals surface area contributed by atoms with Crippen LogP contribution in [0, 0.1) is 0 Å². The summed E-state index contributed by atoms with van der Waals surface area (Å²) in [6, 6.07) is 0. The van der Waals surface area contributed by atoms with E-state index in [9.17, 15) is 8.42 Å². The molecular weight excluding hydrogens is 207 g/mol. The van der Waals surface area contributed by atoms with E-state index >= 15 is 0 Å². The lowest BCUT2D eigenvalue weighted by Crippen LogP contribution is -2.09. The van der Waals surface area contributed by atoms with Crippen molar-refractivity contribution in [2.45, 2.75) is 26.7 Å². The van der Waals surface area contributed by atoms with Crippen LogP contribution in [0.5, 0.6) is 0 Å². The molecule has 0 aliphatic rings. The fourth-order valence-electron chi connectivity index (χ4n) is 1.21. The van der Waals surface area contributed by atoms with Gasteiger partial charge in [-0.2, -0.15) is 8.42 Å². The van der Waals surface area contributed by atoms with E-state index in [1.165, 1.54) is 0 Å². The molecule has 0 amide bonds. The van der Waals surface area contributed by atoms with Gasteiger partial charge in [-0.1, -0.05) is 26.7 Å². The number of hydrogen-bond donors (Lipinski definition) is 1. The van der Waals surface area contributed by atoms with Crippen LogP contribution in [0.1, 0.15) is 26.7 Å². The molecule has 0 aromatic carbocycles. The Morgan fingerprint density at radius 1 is 1.08 bits per heavy atom. The molecule has 0 fully saturated rings. The highest BCUT2D eigenvalue weighted by Crippen LogP contribution is 2.36. The van der Waals surface area contributed by atoms with Gasteiger partial charge in [-0.3, -0.25) is 4.55 Å². The molecule has 3 nitrogen and oxygen atoms in total. The average molecular weight is 226 g/mol. The van der Waals surface area contributed by atoms with Gasteiger partial charge in [0.25, 0.3) is 10.1 Å². The topological polar surface area (TPSA) is 54.4 Å². The predicted molar refractivity (Wildman–Crippen MR) is 58.5 cm³/mol. The highest BCUT2D eigenvalue weighted by atomic mass is 32.2. The SMILES string of the molecule is CCCP(CCC)CCS(=O)(=O)O. The van der Waals surface area contributed by atoms with Crippen molar-refractivity contribution in [3.05, 3.63) is 0 Å². The average Bonchev–Trinajstić information content (AvgIpc) is 2.00. The molecule has 0 spiro atoms. The van der Waals surface area contributed by atoms with Crippen LogP contribution in [0.15, 0.2) is 0 Å². The third kappa shape index (κ3) is 8.66. The molecule has 0 radical (unpaired) electrons. The van der Waals surface area contributed by atoms with E-state index in [0.29, 0.717) is 6.16 Å². The first-order valence-corrected chi connectivity index (χ1v) is 8.17. The molecule has 0 atom stereocenters. The summed E-state index contributed by atoms with van der Waals surface area (Å²) >= 11 is 0. The lowest BCUT2D eigenvalue weighted by molar-refractivity contribution is 0.485. The van der Waals surface area contributed by atoms with Crippen molar-refractivity contribution in [3.8, 4) is 0 Å². The molecular formula is C8H19O3PS. The third-order valence-electron chi connectivity index (χ3n) is 1.75. The predicted octanol–water partition coefficient (Wildman–Crippen LogP) is 2.18. The minimum atomic E-state index is -3.74. The van der Waals surface area contributed by atoms with Crippen LogP contribution in [0.25, 0.3) is 0 Å². The van der Waals surface area contributed by atoms with E-state index in [2.05, 4.69) is 13.8 Å². The quantitative estimate of drug-likeness (QED) is 0.534. The van der Waals surface area contributed by atoms with Crippen LogP contribution in [-0.2, 0) is 10.1 Å². The summed E-state index contributed by atoms with van der Waals surface area (Å²) in [7, 11) is -3.90. The van der Waals surface area contributed by atoms with Gasteiger partial charge in [-0.05, 0) is 18.5 Å². The molecule has 0 aromatic rings. The van der Waals surface area contributed by atoms with Crippen molar-refractivity contribution in [3.63, 3.8) is 0 Å². The Hall–Kier alpha value is 0.340. The Labute approximate surface area is 82.4 Å². The minimum absolute atomic E-state index is 0.0568. The Bertz CT molecular complexity index is 207. The van der Waals surface area contributed by atoms with Crippen molar-refractivity contribution >= 4 is 18.0 Å². The highest BCUT2D eigenvalue weighted by molar-refractivity contribution is 7.86. The molecule has 0 heterocycles. The maximum Gasteiger partial charge on any atom is 0.265 e. The van der Waals surface area contributed by atoms with Crippen molar-refractivity contribution in [1.82, 2.24) is 0 Å². The molecule has 0 aliphatic heterocycles. The molecule has 0 aromatic heterocycles. The van der Waals surface area contributed by atoms with Crippen molar-refractivity contribution in [1.29, 1.82) is 0 Å². The molecule has 0 bridgehead atoms. The fourth-order valence-corrected chi connectivity index (χ4v) is 5.10. The van der Waals surface area contributed by atoms with Crippen molar-refractivity contribution in [2.24, 2.45) is 0 Å². The maximum atomic E-state index is 10.5. The maximum absolute atomic E-state index is 10.5. The first-order valence-electron chi connectivity index (χ1n) is 4.67. The fraction of sp³-hybridized carbons (Fsp3) is 1.00. The monoisotopic (exact) mass is 226 g/mol. The van der Waals surface area contributed by atoms with Crippen LogP contribution < -0.4 is 0 Å². The molecule has 0 rings (SSSR count). The highest BCUT2D eigenvalue weighted by Gasteiger charge is 2.10. The first kappa shape index (κ1) is 13.3. The number of rotatable bonds is 7. The van der Waals surface area contributed by atoms with E-state index in [1.807, 2.05) is 0 Å². The van der Waals surface area contributed by atoms with Gasteiger partial charge in [-0.25, -0.2) is 0 Å². The van der Waals surface area contributed by atoms with Gasteiger partial charge in [-0.15, -0.1) is 7.92 Å². The van der Waals surface area contributed by atoms with Gasteiger partial charge in [0.2, 0.25) is 0 Å². The standard InChI is InChI=1S/C8H19O3PS/c1-3-5-12(6-4-2)7-8-13(9,10)11/h3-8H2,1-2H3,(H,9,10,11). The molecule has 80 valence electrons. The molecule has 1 N–H and O–H groups in total. The van der Waals surface area contributed by atoms with Crippen molar-refractivity contribution < 1.29 is 13.0 Å². The summed E-state index contributed by atoms with van der Waals surface area (Å²) in [4.78, 5) is 0.